The topological polar surface area (TPSA) is 26.3 Å². The van der Waals surface area contributed by atoms with Crippen molar-refractivity contribution in [1.82, 2.24) is 0 Å². The molecule has 1 aliphatic rings. The molecule has 3 rings (SSSR count). The fraction of sp³-hybridized carbons (Fsp3) is 0.519. The Hall–Kier alpha value is -2.30. The largest absolute Gasteiger partial charge is 0.423 e. The Labute approximate surface area is 189 Å². The third-order valence-electron chi connectivity index (χ3n) is 6.60. The summed E-state index contributed by atoms with van der Waals surface area (Å²) in [6.07, 6.45) is 13.5. The summed E-state index contributed by atoms with van der Waals surface area (Å²) < 4.78 is 45.3. The maximum Gasteiger partial charge on any atom is 0.343 e. The van der Waals surface area contributed by atoms with Crippen molar-refractivity contribution in [3.05, 3.63) is 65.0 Å². The fourth-order valence-electron chi connectivity index (χ4n) is 4.77. The average Bonchev–Trinajstić information content (AvgIpc) is 2.80. The molecular formula is C27H33F3O2. The Bertz CT molecular complexity index is 865. The first-order chi connectivity index (χ1) is 15.5. The Morgan fingerprint density at radius 2 is 1.53 bits per heavy atom. The van der Waals surface area contributed by atoms with Crippen LogP contribution in [0.2, 0.25) is 0 Å². The van der Waals surface area contributed by atoms with Crippen LogP contribution in [0.5, 0.6) is 5.75 Å². The maximum absolute atomic E-state index is 13.5. The van der Waals surface area contributed by atoms with Crippen molar-refractivity contribution in [3.8, 4) is 5.75 Å². The van der Waals surface area contributed by atoms with Crippen LogP contribution in [-0.4, -0.2) is 5.97 Å². The molecule has 0 atom stereocenters. The maximum atomic E-state index is 13.5. The van der Waals surface area contributed by atoms with Crippen LogP contribution in [0.15, 0.2) is 36.4 Å². The second kappa shape index (κ2) is 12.1. The van der Waals surface area contributed by atoms with Gasteiger partial charge in [0.1, 0.15) is 5.75 Å². The van der Waals surface area contributed by atoms with Crippen molar-refractivity contribution in [2.75, 3.05) is 0 Å². The monoisotopic (exact) mass is 446 g/mol. The highest BCUT2D eigenvalue weighted by Gasteiger charge is 2.26. The van der Waals surface area contributed by atoms with E-state index < -0.39 is 23.4 Å². The van der Waals surface area contributed by atoms with Gasteiger partial charge >= 0.3 is 5.97 Å². The summed E-state index contributed by atoms with van der Waals surface area (Å²) in [5.74, 6) is -4.36. The van der Waals surface area contributed by atoms with Gasteiger partial charge in [0.15, 0.2) is 17.5 Å². The molecule has 1 aliphatic carbocycles. The first kappa shape index (κ1) is 24.3. The lowest BCUT2D eigenvalue weighted by Crippen LogP contribution is -2.18. The van der Waals surface area contributed by atoms with E-state index in [4.69, 9.17) is 4.74 Å². The molecule has 174 valence electrons. The molecule has 0 heterocycles. The Morgan fingerprint density at radius 1 is 0.906 bits per heavy atom. The third-order valence-corrected chi connectivity index (χ3v) is 6.60. The molecule has 0 unspecified atom stereocenters. The molecular weight excluding hydrogens is 413 g/mol. The summed E-state index contributed by atoms with van der Waals surface area (Å²) in [5, 5.41) is 0. The number of halogens is 3. The van der Waals surface area contributed by atoms with Gasteiger partial charge in [0, 0.05) is 12.1 Å². The van der Waals surface area contributed by atoms with Gasteiger partial charge in [0.25, 0.3) is 0 Å². The van der Waals surface area contributed by atoms with E-state index in [1.165, 1.54) is 44.9 Å². The molecule has 0 bridgehead atoms. The molecule has 0 radical (unpaired) electrons. The van der Waals surface area contributed by atoms with Gasteiger partial charge in [0.2, 0.25) is 0 Å². The van der Waals surface area contributed by atoms with Crippen molar-refractivity contribution >= 4 is 5.97 Å². The van der Waals surface area contributed by atoms with Crippen LogP contribution in [0.25, 0.3) is 0 Å². The zero-order valence-electron chi connectivity index (χ0n) is 18.8. The lowest BCUT2D eigenvalue weighted by molar-refractivity contribution is 0.0731. The van der Waals surface area contributed by atoms with Crippen LogP contribution in [0.4, 0.5) is 13.2 Å². The van der Waals surface area contributed by atoms with E-state index in [0.29, 0.717) is 17.7 Å². The van der Waals surface area contributed by atoms with Gasteiger partial charge in [-0.2, -0.15) is 0 Å². The van der Waals surface area contributed by atoms with E-state index in [1.807, 2.05) is 12.1 Å². The second-order valence-corrected chi connectivity index (χ2v) is 8.95. The molecule has 2 aromatic rings. The number of ether oxygens (including phenoxy) is 1. The number of unbranched alkanes of at least 4 members (excludes halogenated alkanes) is 5. The number of rotatable bonds is 10. The first-order valence-corrected chi connectivity index (χ1v) is 11.9. The Kier molecular flexibility index (Phi) is 9.19. The van der Waals surface area contributed by atoms with Crippen LogP contribution < -0.4 is 4.74 Å². The Balaban J connectivity index is 1.56. The smallest absolute Gasteiger partial charge is 0.343 e. The van der Waals surface area contributed by atoms with Gasteiger partial charge in [0.05, 0.1) is 5.56 Å². The number of hydrogen-bond donors (Lipinski definition) is 0. The number of esters is 1. The predicted octanol–water partition coefficient (Wildman–Crippen LogP) is 8.35. The summed E-state index contributed by atoms with van der Waals surface area (Å²) >= 11 is 0. The zero-order valence-corrected chi connectivity index (χ0v) is 18.8. The van der Waals surface area contributed by atoms with Crippen LogP contribution in [0, 0.1) is 23.4 Å². The summed E-state index contributed by atoms with van der Waals surface area (Å²) in [6.45, 7) is 2.23. The highest BCUT2D eigenvalue weighted by molar-refractivity contribution is 5.92. The summed E-state index contributed by atoms with van der Waals surface area (Å²) in [6, 6.07) is 8.62. The number of carbonyl (C=O) groups excluding carboxylic acids is 1. The van der Waals surface area contributed by atoms with Crippen molar-refractivity contribution < 1.29 is 22.7 Å². The van der Waals surface area contributed by atoms with E-state index in [0.717, 1.165) is 37.2 Å². The van der Waals surface area contributed by atoms with Gasteiger partial charge in [-0.15, -0.1) is 0 Å². The highest BCUT2D eigenvalue weighted by Crippen LogP contribution is 2.39. The number of benzene rings is 2. The van der Waals surface area contributed by atoms with Gasteiger partial charge < -0.3 is 4.74 Å². The SMILES string of the molecule is CCCCCCCCC1CCC(c2ccccc2C(=O)Oc2cc(F)c(F)c(F)c2)CC1. The predicted molar refractivity (Wildman–Crippen MR) is 120 cm³/mol. The minimum absolute atomic E-state index is 0.265. The second-order valence-electron chi connectivity index (χ2n) is 8.95. The van der Waals surface area contributed by atoms with E-state index in [2.05, 4.69) is 6.92 Å². The van der Waals surface area contributed by atoms with Gasteiger partial charge in [-0.1, -0.05) is 70.1 Å². The molecule has 0 amide bonds. The molecule has 1 fully saturated rings. The molecule has 1 saturated carbocycles. The quantitative estimate of drug-likeness (QED) is 0.159. The van der Waals surface area contributed by atoms with Crippen LogP contribution in [0.3, 0.4) is 0 Å². The summed E-state index contributed by atoms with van der Waals surface area (Å²) in [4.78, 5) is 12.7. The molecule has 0 aliphatic heterocycles. The first-order valence-electron chi connectivity index (χ1n) is 11.9. The van der Waals surface area contributed by atoms with E-state index >= 15 is 0 Å². The van der Waals surface area contributed by atoms with Crippen molar-refractivity contribution in [3.63, 3.8) is 0 Å². The van der Waals surface area contributed by atoms with Crippen LogP contribution in [-0.2, 0) is 0 Å². The molecule has 32 heavy (non-hydrogen) atoms. The lowest BCUT2D eigenvalue weighted by atomic mass is 9.76. The van der Waals surface area contributed by atoms with Gasteiger partial charge in [-0.3, -0.25) is 0 Å². The molecule has 0 spiro atoms. The van der Waals surface area contributed by atoms with Gasteiger partial charge in [-0.25, -0.2) is 18.0 Å². The highest BCUT2D eigenvalue weighted by atomic mass is 19.2. The minimum Gasteiger partial charge on any atom is -0.423 e. The summed E-state index contributed by atoms with van der Waals surface area (Å²) in [7, 11) is 0. The van der Waals surface area contributed by atoms with Crippen molar-refractivity contribution in [2.24, 2.45) is 5.92 Å². The molecule has 0 N–H and O–H groups in total. The number of hydrogen-bond acceptors (Lipinski definition) is 2. The lowest BCUT2D eigenvalue weighted by Gasteiger charge is -2.29. The van der Waals surface area contributed by atoms with E-state index in [9.17, 15) is 18.0 Å². The molecule has 0 saturated heterocycles. The molecule has 0 aromatic heterocycles. The standard InChI is InChI=1S/C27H33F3O2/c1-2-3-4-5-6-7-10-19-13-15-20(16-14-19)22-11-8-9-12-23(22)27(31)32-21-17-24(28)26(30)25(29)18-21/h8-9,11-12,17-20H,2-7,10,13-16H2,1H3. The van der Waals surface area contributed by atoms with Crippen LogP contribution in [0.1, 0.15) is 99.4 Å². The Morgan fingerprint density at radius 3 is 2.22 bits per heavy atom. The molecule has 2 nitrogen and oxygen atoms in total. The van der Waals surface area contributed by atoms with E-state index in [-0.39, 0.29) is 11.7 Å². The van der Waals surface area contributed by atoms with E-state index in [1.54, 1.807) is 12.1 Å². The van der Waals surface area contributed by atoms with Crippen LogP contribution >= 0.6 is 0 Å². The third kappa shape index (κ3) is 6.60. The van der Waals surface area contributed by atoms with Crippen molar-refractivity contribution in [2.45, 2.75) is 83.5 Å². The molecule has 5 heteroatoms. The normalized spacial score (nSPS) is 18.5. The number of carbonyl (C=O) groups is 1. The van der Waals surface area contributed by atoms with Crippen molar-refractivity contribution in [1.29, 1.82) is 0 Å². The fourth-order valence-corrected chi connectivity index (χ4v) is 4.77. The average molecular weight is 447 g/mol. The minimum atomic E-state index is -1.58. The summed E-state index contributed by atoms with van der Waals surface area (Å²) in [5.41, 5.74) is 1.32. The molecule has 2 aromatic carbocycles. The zero-order chi connectivity index (χ0) is 22.9. The van der Waals surface area contributed by atoms with Gasteiger partial charge in [-0.05, 0) is 49.1 Å².